The van der Waals surface area contributed by atoms with Crippen LogP contribution in [0.2, 0.25) is 0 Å². The fourth-order valence-electron chi connectivity index (χ4n) is 2.54. The van der Waals surface area contributed by atoms with Crippen molar-refractivity contribution in [3.63, 3.8) is 0 Å². The van der Waals surface area contributed by atoms with Gasteiger partial charge in [-0.3, -0.25) is 4.79 Å². The number of aromatic amines is 1. The molecule has 1 aromatic rings. The van der Waals surface area contributed by atoms with Crippen molar-refractivity contribution in [3.05, 3.63) is 24.0 Å². The van der Waals surface area contributed by atoms with Crippen LogP contribution in [0.4, 0.5) is 0 Å². The molecule has 4 heteroatoms. The molecule has 0 aliphatic carbocycles. The van der Waals surface area contributed by atoms with Crippen LogP contribution in [0.15, 0.2) is 18.5 Å². The van der Waals surface area contributed by atoms with Crippen molar-refractivity contribution >= 4 is 5.91 Å². The summed E-state index contributed by atoms with van der Waals surface area (Å²) in [5.74, 6) is 0.289. The number of nitrogens with zero attached hydrogens (tertiary/aromatic N) is 1. The van der Waals surface area contributed by atoms with Crippen molar-refractivity contribution < 1.29 is 4.79 Å². The van der Waals surface area contributed by atoms with Crippen LogP contribution in [-0.4, -0.2) is 41.0 Å². The lowest BCUT2D eigenvalue weighted by molar-refractivity contribution is -0.137. The molecule has 2 heterocycles. The van der Waals surface area contributed by atoms with Gasteiger partial charge in [-0.05, 0) is 38.3 Å². The topological polar surface area (TPSA) is 48.1 Å². The van der Waals surface area contributed by atoms with Crippen LogP contribution in [-0.2, 0) is 11.2 Å². The Morgan fingerprint density at radius 3 is 3.00 bits per heavy atom. The van der Waals surface area contributed by atoms with E-state index >= 15 is 0 Å². The minimum Gasteiger partial charge on any atom is -0.367 e. The number of hydrogen-bond acceptors (Lipinski definition) is 2. The standard InChI is InChI=1S/C14H23N3O/c1-14(2)11-16-8-9-17(14)13(18)5-3-4-12-6-7-15-10-12/h6-7,10,15-16H,3-5,8-9,11H2,1-2H3. The van der Waals surface area contributed by atoms with E-state index < -0.39 is 0 Å². The van der Waals surface area contributed by atoms with E-state index in [1.54, 1.807) is 0 Å². The van der Waals surface area contributed by atoms with E-state index in [0.29, 0.717) is 6.42 Å². The van der Waals surface area contributed by atoms with Crippen LogP contribution in [0.3, 0.4) is 0 Å². The van der Waals surface area contributed by atoms with Gasteiger partial charge >= 0.3 is 0 Å². The zero-order valence-electron chi connectivity index (χ0n) is 11.3. The molecule has 0 atom stereocenters. The first-order chi connectivity index (χ1) is 8.59. The maximum Gasteiger partial charge on any atom is 0.223 e. The summed E-state index contributed by atoms with van der Waals surface area (Å²) in [6, 6.07) is 2.07. The summed E-state index contributed by atoms with van der Waals surface area (Å²) in [4.78, 5) is 17.3. The van der Waals surface area contributed by atoms with Crippen molar-refractivity contribution in [1.29, 1.82) is 0 Å². The number of piperazine rings is 1. The third kappa shape index (κ3) is 3.13. The van der Waals surface area contributed by atoms with Gasteiger partial charge in [0.1, 0.15) is 0 Å². The molecule has 100 valence electrons. The summed E-state index contributed by atoms with van der Waals surface area (Å²) in [5, 5.41) is 3.34. The predicted octanol–water partition coefficient (Wildman–Crippen LogP) is 1.55. The van der Waals surface area contributed by atoms with Crippen LogP contribution in [0.1, 0.15) is 32.3 Å². The van der Waals surface area contributed by atoms with Crippen molar-refractivity contribution in [2.45, 2.75) is 38.6 Å². The second-order valence-electron chi connectivity index (χ2n) is 5.61. The normalized spacial score (nSPS) is 18.9. The highest BCUT2D eigenvalue weighted by molar-refractivity contribution is 5.77. The number of H-pyrrole nitrogens is 1. The Labute approximate surface area is 109 Å². The maximum absolute atomic E-state index is 12.2. The summed E-state index contributed by atoms with van der Waals surface area (Å²) < 4.78 is 0. The highest BCUT2D eigenvalue weighted by Crippen LogP contribution is 2.18. The Hall–Kier alpha value is -1.29. The molecule has 0 unspecified atom stereocenters. The predicted molar refractivity (Wildman–Crippen MR) is 72.4 cm³/mol. The van der Waals surface area contributed by atoms with E-state index in [-0.39, 0.29) is 11.4 Å². The molecule has 1 saturated heterocycles. The van der Waals surface area contributed by atoms with E-state index in [1.807, 2.05) is 17.3 Å². The number of aromatic nitrogens is 1. The summed E-state index contributed by atoms with van der Waals surface area (Å²) in [5.41, 5.74) is 1.23. The lowest BCUT2D eigenvalue weighted by Gasteiger charge is -2.43. The number of rotatable bonds is 4. The van der Waals surface area contributed by atoms with Crippen molar-refractivity contribution in [1.82, 2.24) is 15.2 Å². The van der Waals surface area contributed by atoms with Gasteiger partial charge in [0.2, 0.25) is 5.91 Å². The number of carbonyl (C=O) groups excluding carboxylic acids is 1. The fourth-order valence-corrected chi connectivity index (χ4v) is 2.54. The Kier molecular flexibility index (Phi) is 4.07. The molecule has 4 nitrogen and oxygen atoms in total. The van der Waals surface area contributed by atoms with Gasteiger partial charge in [-0.25, -0.2) is 0 Å². The van der Waals surface area contributed by atoms with E-state index in [0.717, 1.165) is 32.5 Å². The monoisotopic (exact) mass is 249 g/mol. The van der Waals surface area contributed by atoms with Crippen molar-refractivity contribution in [2.75, 3.05) is 19.6 Å². The number of hydrogen-bond donors (Lipinski definition) is 2. The summed E-state index contributed by atoms with van der Waals surface area (Å²) in [7, 11) is 0. The van der Waals surface area contributed by atoms with Gasteiger partial charge in [-0.2, -0.15) is 0 Å². The highest BCUT2D eigenvalue weighted by Gasteiger charge is 2.32. The quantitative estimate of drug-likeness (QED) is 0.850. The van der Waals surface area contributed by atoms with E-state index in [2.05, 4.69) is 30.2 Å². The minimum absolute atomic E-state index is 0.0522. The first-order valence-corrected chi connectivity index (χ1v) is 6.72. The molecule has 1 fully saturated rings. The molecule has 0 spiro atoms. The number of aryl methyl sites for hydroxylation is 1. The van der Waals surface area contributed by atoms with Gasteiger partial charge in [-0.1, -0.05) is 0 Å². The third-order valence-corrected chi connectivity index (χ3v) is 3.62. The first kappa shape index (κ1) is 13.1. The average Bonchev–Trinajstić information content (AvgIpc) is 2.81. The summed E-state index contributed by atoms with van der Waals surface area (Å²) in [6.45, 7) is 6.88. The van der Waals surface area contributed by atoms with Crippen molar-refractivity contribution in [3.8, 4) is 0 Å². The first-order valence-electron chi connectivity index (χ1n) is 6.72. The number of amides is 1. The molecule has 2 rings (SSSR count). The van der Waals surface area contributed by atoms with E-state index in [1.165, 1.54) is 5.56 Å². The highest BCUT2D eigenvalue weighted by atomic mass is 16.2. The second-order valence-corrected chi connectivity index (χ2v) is 5.61. The maximum atomic E-state index is 12.2. The molecule has 0 saturated carbocycles. The average molecular weight is 249 g/mol. The van der Waals surface area contributed by atoms with Gasteiger partial charge in [0.15, 0.2) is 0 Å². The Morgan fingerprint density at radius 1 is 1.50 bits per heavy atom. The molecule has 0 aromatic carbocycles. The largest absolute Gasteiger partial charge is 0.367 e. The zero-order valence-corrected chi connectivity index (χ0v) is 11.3. The van der Waals surface area contributed by atoms with Gasteiger partial charge in [0.25, 0.3) is 0 Å². The van der Waals surface area contributed by atoms with Crippen molar-refractivity contribution in [2.24, 2.45) is 0 Å². The molecular weight excluding hydrogens is 226 g/mol. The van der Waals surface area contributed by atoms with Crippen LogP contribution in [0, 0.1) is 0 Å². The second kappa shape index (κ2) is 5.57. The van der Waals surface area contributed by atoms with Gasteiger partial charge < -0.3 is 15.2 Å². The molecule has 18 heavy (non-hydrogen) atoms. The van der Waals surface area contributed by atoms with E-state index in [4.69, 9.17) is 0 Å². The fraction of sp³-hybridized carbons (Fsp3) is 0.643. The molecular formula is C14H23N3O. The lowest BCUT2D eigenvalue weighted by Crippen LogP contribution is -2.59. The van der Waals surface area contributed by atoms with E-state index in [9.17, 15) is 4.79 Å². The molecule has 0 bridgehead atoms. The number of carbonyl (C=O) groups is 1. The molecule has 1 aliphatic heterocycles. The zero-order chi connectivity index (χ0) is 13.0. The Bertz CT molecular complexity index is 384. The van der Waals surface area contributed by atoms with Crippen LogP contribution in [0.5, 0.6) is 0 Å². The summed E-state index contributed by atoms with van der Waals surface area (Å²) in [6.07, 6.45) is 6.48. The lowest BCUT2D eigenvalue weighted by atomic mass is 9.99. The van der Waals surface area contributed by atoms with Crippen LogP contribution < -0.4 is 5.32 Å². The Balaban J connectivity index is 1.80. The van der Waals surface area contributed by atoms with Gasteiger partial charge in [0.05, 0.1) is 0 Å². The molecule has 1 aliphatic rings. The van der Waals surface area contributed by atoms with Crippen LogP contribution >= 0.6 is 0 Å². The minimum atomic E-state index is -0.0522. The smallest absolute Gasteiger partial charge is 0.223 e. The molecule has 2 N–H and O–H groups in total. The third-order valence-electron chi connectivity index (χ3n) is 3.62. The number of nitrogens with one attached hydrogen (secondary N) is 2. The molecule has 1 amide bonds. The summed E-state index contributed by atoms with van der Waals surface area (Å²) >= 11 is 0. The van der Waals surface area contributed by atoms with Gasteiger partial charge in [0, 0.05) is 44.0 Å². The Morgan fingerprint density at radius 2 is 2.33 bits per heavy atom. The van der Waals surface area contributed by atoms with Crippen LogP contribution in [0.25, 0.3) is 0 Å². The van der Waals surface area contributed by atoms with Gasteiger partial charge in [-0.15, -0.1) is 0 Å². The molecule has 0 radical (unpaired) electrons. The SMILES string of the molecule is CC1(C)CNCCN1C(=O)CCCc1cc[nH]c1. The molecule has 1 aromatic heterocycles.